The number of anilines is 1. The molecule has 4 aromatic rings. The molecule has 0 radical (unpaired) electrons. The number of ether oxygens (including phenoxy) is 1. The Morgan fingerprint density at radius 3 is 2.50 bits per heavy atom. The van der Waals surface area contributed by atoms with Gasteiger partial charge >= 0.3 is 0 Å². The van der Waals surface area contributed by atoms with Crippen molar-refractivity contribution in [1.82, 2.24) is 19.9 Å². The van der Waals surface area contributed by atoms with E-state index in [9.17, 15) is 4.79 Å². The van der Waals surface area contributed by atoms with Crippen molar-refractivity contribution in [3.63, 3.8) is 0 Å². The first kappa shape index (κ1) is 19.3. The van der Waals surface area contributed by atoms with Crippen molar-refractivity contribution in [3.05, 3.63) is 90.9 Å². The van der Waals surface area contributed by atoms with E-state index in [1.807, 2.05) is 48.5 Å². The Labute approximate surface area is 174 Å². The summed E-state index contributed by atoms with van der Waals surface area (Å²) >= 11 is 0. The van der Waals surface area contributed by atoms with Crippen LogP contribution in [0.3, 0.4) is 0 Å². The van der Waals surface area contributed by atoms with Crippen LogP contribution >= 0.6 is 0 Å². The molecule has 30 heavy (non-hydrogen) atoms. The summed E-state index contributed by atoms with van der Waals surface area (Å²) in [5, 5.41) is 2.89. The van der Waals surface area contributed by atoms with Crippen LogP contribution in [-0.4, -0.2) is 32.4 Å². The van der Waals surface area contributed by atoms with E-state index >= 15 is 0 Å². The van der Waals surface area contributed by atoms with Gasteiger partial charge in [-0.1, -0.05) is 24.3 Å². The van der Waals surface area contributed by atoms with Gasteiger partial charge in [-0.2, -0.15) is 0 Å². The lowest BCUT2D eigenvalue weighted by Crippen LogP contribution is -2.14. The van der Waals surface area contributed by atoms with Crippen molar-refractivity contribution in [2.24, 2.45) is 0 Å². The smallest absolute Gasteiger partial charge is 0.228 e. The van der Waals surface area contributed by atoms with E-state index in [0.29, 0.717) is 6.61 Å². The third-order valence-corrected chi connectivity index (χ3v) is 4.54. The average molecular weight is 399 g/mol. The third kappa shape index (κ3) is 5.08. The Bertz CT molecular complexity index is 1080. The van der Waals surface area contributed by atoms with Crippen LogP contribution in [0.1, 0.15) is 11.1 Å². The van der Waals surface area contributed by atoms with Crippen LogP contribution in [0.25, 0.3) is 11.3 Å². The predicted molar refractivity (Wildman–Crippen MR) is 114 cm³/mol. The van der Waals surface area contributed by atoms with Crippen molar-refractivity contribution in [2.45, 2.75) is 12.8 Å². The van der Waals surface area contributed by atoms with Crippen LogP contribution in [0, 0.1) is 0 Å². The number of amides is 1. The molecule has 0 saturated carbocycles. The molecule has 7 heteroatoms. The van der Waals surface area contributed by atoms with Crippen molar-refractivity contribution in [3.8, 4) is 17.0 Å². The van der Waals surface area contributed by atoms with E-state index in [1.165, 1.54) is 6.33 Å². The molecule has 2 aromatic carbocycles. The maximum atomic E-state index is 12.1. The second-order valence-electron chi connectivity index (χ2n) is 6.73. The van der Waals surface area contributed by atoms with Gasteiger partial charge in [-0.25, -0.2) is 15.0 Å². The third-order valence-electron chi connectivity index (χ3n) is 4.54. The van der Waals surface area contributed by atoms with Crippen molar-refractivity contribution in [1.29, 1.82) is 0 Å². The molecule has 7 nitrogen and oxygen atoms in total. The second-order valence-corrected chi connectivity index (χ2v) is 6.73. The molecule has 0 fully saturated rings. The maximum absolute atomic E-state index is 12.1. The fourth-order valence-corrected chi connectivity index (χ4v) is 3.06. The fourth-order valence-electron chi connectivity index (χ4n) is 3.06. The molecule has 0 bridgehead atoms. The highest BCUT2D eigenvalue weighted by molar-refractivity contribution is 5.92. The molecule has 2 N–H and O–H groups in total. The molecule has 2 heterocycles. The molecular formula is C23H21N5O2. The summed E-state index contributed by atoms with van der Waals surface area (Å²) in [6.45, 7) is 0.546. The Morgan fingerprint density at radius 1 is 0.933 bits per heavy atom. The monoisotopic (exact) mass is 399 g/mol. The van der Waals surface area contributed by atoms with Gasteiger partial charge in [0.15, 0.2) is 0 Å². The van der Waals surface area contributed by atoms with Crippen molar-refractivity contribution in [2.75, 3.05) is 11.9 Å². The average Bonchev–Trinajstić information content (AvgIpc) is 3.31. The van der Waals surface area contributed by atoms with E-state index in [-0.39, 0.29) is 12.3 Å². The summed E-state index contributed by atoms with van der Waals surface area (Å²) in [6.07, 6.45) is 9.15. The standard InChI is InChI=1S/C23H21N5O2/c29-23(11-18-12-24-15-25-13-18)28-19-7-5-17(6-8-19)9-10-30-22-4-2-1-3-20(22)21-14-26-16-27-21/h1-8,12-16H,9-11H2,(H,26,27)(H,28,29). The van der Waals surface area contributed by atoms with Gasteiger partial charge in [0, 0.05) is 30.1 Å². The molecule has 0 aliphatic rings. The highest BCUT2D eigenvalue weighted by atomic mass is 16.5. The zero-order chi connectivity index (χ0) is 20.6. The highest BCUT2D eigenvalue weighted by Crippen LogP contribution is 2.28. The summed E-state index contributed by atoms with van der Waals surface area (Å²) in [5.74, 6) is 0.715. The molecule has 150 valence electrons. The number of H-pyrrole nitrogens is 1. The van der Waals surface area contributed by atoms with Crippen LogP contribution in [0.15, 0.2) is 79.8 Å². The fraction of sp³-hybridized carbons (Fsp3) is 0.130. The molecule has 1 amide bonds. The number of carbonyl (C=O) groups excluding carboxylic acids is 1. The zero-order valence-corrected chi connectivity index (χ0v) is 16.3. The number of hydrogen-bond donors (Lipinski definition) is 2. The second kappa shape index (κ2) is 9.47. The van der Waals surface area contributed by atoms with Gasteiger partial charge in [0.05, 0.1) is 31.2 Å². The Morgan fingerprint density at radius 2 is 1.73 bits per heavy atom. The van der Waals surface area contributed by atoms with Gasteiger partial charge in [0.1, 0.15) is 12.1 Å². The lowest BCUT2D eigenvalue weighted by Gasteiger charge is -2.11. The summed E-state index contributed by atoms with van der Waals surface area (Å²) < 4.78 is 6.00. The number of imidazole rings is 1. The number of nitrogens with one attached hydrogen (secondary N) is 2. The minimum absolute atomic E-state index is 0.101. The molecule has 0 aliphatic carbocycles. The summed E-state index contributed by atoms with van der Waals surface area (Å²) in [4.78, 5) is 27.1. The maximum Gasteiger partial charge on any atom is 0.228 e. The van der Waals surface area contributed by atoms with Crippen LogP contribution in [-0.2, 0) is 17.6 Å². The number of nitrogens with zero attached hydrogens (tertiary/aromatic N) is 3. The number of aromatic amines is 1. The van der Waals surface area contributed by atoms with Crippen LogP contribution < -0.4 is 10.1 Å². The van der Waals surface area contributed by atoms with Gasteiger partial charge in [-0.05, 0) is 35.4 Å². The van der Waals surface area contributed by atoms with Gasteiger partial charge in [0.2, 0.25) is 5.91 Å². The van der Waals surface area contributed by atoms with E-state index in [4.69, 9.17) is 4.74 Å². The topological polar surface area (TPSA) is 92.8 Å². The van der Waals surface area contributed by atoms with Gasteiger partial charge in [0.25, 0.3) is 0 Å². The number of para-hydroxylation sites is 1. The number of rotatable bonds is 8. The summed E-state index contributed by atoms with van der Waals surface area (Å²) in [7, 11) is 0. The Kier molecular flexibility index (Phi) is 6.10. The van der Waals surface area contributed by atoms with Crippen molar-refractivity contribution < 1.29 is 9.53 Å². The molecule has 2 aromatic heterocycles. The molecular weight excluding hydrogens is 378 g/mol. The lowest BCUT2D eigenvalue weighted by molar-refractivity contribution is -0.115. The van der Waals surface area contributed by atoms with Crippen molar-refractivity contribution >= 4 is 11.6 Å². The minimum atomic E-state index is -0.101. The van der Waals surface area contributed by atoms with Gasteiger partial charge in [-0.3, -0.25) is 4.79 Å². The number of hydrogen-bond acceptors (Lipinski definition) is 5. The first-order chi connectivity index (χ1) is 14.8. The predicted octanol–water partition coefficient (Wildman–Crippen LogP) is 3.67. The zero-order valence-electron chi connectivity index (χ0n) is 16.3. The lowest BCUT2D eigenvalue weighted by atomic mass is 10.1. The van der Waals surface area contributed by atoms with Crippen LogP contribution in [0.5, 0.6) is 5.75 Å². The Hall–Kier alpha value is -4.00. The summed E-state index contributed by atoms with van der Waals surface area (Å²) in [5.41, 5.74) is 4.57. The molecule has 0 unspecified atom stereocenters. The van der Waals surface area contributed by atoms with E-state index in [1.54, 1.807) is 24.9 Å². The number of aromatic nitrogens is 4. The largest absolute Gasteiger partial charge is 0.493 e. The quantitative estimate of drug-likeness (QED) is 0.472. The minimum Gasteiger partial charge on any atom is -0.493 e. The first-order valence-corrected chi connectivity index (χ1v) is 9.61. The normalized spacial score (nSPS) is 10.5. The molecule has 0 aliphatic heterocycles. The van der Waals surface area contributed by atoms with Gasteiger partial charge in [-0.15, -0.1) is 0 Å². The van der Waals surface area contributed by atoms with Gasteiger partial charge < -0.3 is 15.0 Å². The molecule has 4 rings (SSSR count). The van der Waals surface area contributed by atoms with E-state index in [2.05, 4.69) is 25.3 Å². The Balaban J connectivity index is 1.29. The summed E-state index contributed by atoms with van der Waals surface area (Å²) in [6, 6.07) is 15.7. The van der Waals surface area contributed by atoms with Crippen LogP contribution in [0.4, 0.5) is 5.69 Å². The molecule has 0 saturated heterocycles. The molecule has 0 spiro atoms. The number of carbonyl (C=O) groups is 1. The molecule has 0 atom stereocenters. The van der Waals surface area contributed by atoms with E-state index < -0.39 is 0 Å². The van der Waals surface area contributed by atoms with E-state index in [0.717, 1.165) is 40.2 Å². The number of benzene rings is 2. The highest BCUT2D eigenvalue weighted by Gasteiger charge is 2.07. The SMILES string of the molecule is O=C(Cc1cncnc1)Nc1ccc(CCOc2ccccc2-c2cnc[nH]2)cc1. The van der Waals surface area contributed by atoms with Crippen LogP contribution in [0.2, 0.25) is 0 Å². The first-order valence-electron chi connectivity index (χ1n) is 9.61.